The van der Waals surface area contributed by atoms with Crippen molar-refractivity contribution in [3.05, 3.63) is 40.3 Å². The molecule has 0 unspecified atom stereocenters. The summed E-state index contributed by atoms with van der Waals surface area (Å²) >= 11 is 0. The van der Waals surface area contributed by atoms with Gasteiger partial charge in [-0.25, -0.2) is 0 Å². The molecule has 0 saturated carbocycles. The summed E-state index contributed by atoms with van der Waals surface area (Å²) in [4.78, 5) is 16.1. The number of hydrogen-bond acceptors (Lipinski definition) is 4. The molecule has 3 rings (SSSR count). The van der Waals surface area contributed by atoms with Crippen LogP contribution in [0.15, 0.2) is 29.1 Å². The Balaban J connectivity index is 2.43. The molecule has 0 bridgehead atoms. The van der Waals surface area contributed by atoms with Crippen LogP contribution in [0.4, 0.5) is 5.69 Å². The number of benzene rings is 1. The van der Waals surface area contributed by atoms with Crippen LogP contribution in [0, 0.1) is 6.92 Å². The number of nitrogen functional groups attached to an aromatic ring is 1. The summed E-state index contributed by atoms with van der Waals surface area (Å²) < 4.78 is 1.83. The maximum Gasteiger partial charge on any atom is 0.301 e. The second-order valence-electron chi connectivity index (χ2n) is 4.43. The summed E-state index contributed by atoms with van der Waals surface area (Å²) in [5.74, 6) is 0.542. The van der Waals surface area contributed by atoms with Gasteiger partial charge in [-0.15, -0.1) is 0 Å². The zero-order valence-electron chi connectivity index (χ0n) is 10.6. The maximum atomic E-state index is 12.0. The fourth-order valence-electron chi connectivity index (χ4n) is 2.25. The highest BCUT2D eigenvalue weighted by molar-refractivity contribution is 5.81. The first kappa shape index (κ1) is 11.5. The largest absolute Gasteiger partial charge is 0.398 e. The third kappa shape index (κ3) is 1.61. The molecule has 0 radical (unpaired) electrons. The Hall–Kier alpha value is -2.63. The van der Waals surface area contributed by atoms with Gasteiger partial charge in [-0.3, -0.25) is 9.89 Å². The molecule has 0 spiro atoms. The summed E-state index contributed by atoms with van der Waals surface area (Å²) in [5.41, 5.74) is 8.85. The van der Waals surface area contributed by atoms with Crippen LogP contribution in [0.3, 0.4) is 0 Å². The number of aromatic nitrogens is 4. The number of nitrogens with one attached hydrogen (secondary N) is 1. The minimum Gasteiger partial charge on any atom is -0.398 e. The number of aryl methyl sites for hydroxylation is 2. The summed E-state index contributed by atoms with van der Waals surface area (Å²) in [6.07, 6.45) is 0. The lowest BCUT2D eigenvalue weighted by atomic mass is 10.1. The highest BCUT2D eigenvalue weighted by atomic mass is 16.1. The zero-order valence-corrected chi connectivity index (χ0v) is 10.6. The lowest BCUT2D eigenvalue weighted by Gasteiger charge is -2.10. The Morgan fingerprint density at radius 1 is 1.32 bits per heavy atom. The standard InChI is InChI=1S/C13H13N5O/c1-7-11-10(17-16-7)13(19)15-12(18(11)2)8-5-3-4-6-9(8)14/h3-6H,14H2,1-2H3,(H,16,17). The van der Waals surface area contributed by atoms with Gasteiger partial charge in [0.1, 0.15) is 5.82 Å². The Bertz CT molecular complexity index is 831. The molecular formula is C13H13N5O. The molecule has 19 heavy (non-hydrogen) atoms. The van der Waals surface area contributed by atoms with E-state index in [1.807, 2.05) is 36.7 Å². The van der Waals surface area contributed by atoms with Gasteiger partial charge in [-0.1, -0.05) is 12.1 Å². The predicted octanol–water partition coefficient (Wildman–Crippen LogP) is 1.21. The van der Waals surface area contributed by atoms with Crippen LogP contribution >= 0.6 is 0 Å². The SMILES string of the molecule is Cc1[nH]nc2c(=O)nc(-c3ccccc3N)n(C)c12. The van der Waals surface area contributed by atoms with Crippen LogP contribution in [0.5, 0.6) is 0 Å². The molecule has 0 fully saturated rings. The van der Waals surface area contributed by atoms with Crippen LogP contribution in [-0.4, -0.2) is 19.7 Å². The highest BCUT2D eigenvalue weighted by Gasteiger charge is 2.15. The maximum absolute atomic E-state index is 12.0. The molecule has 3 aromatic rings. The van der Waals surface area contributed by atoms with Crippen molar-refractivity contribution in [2.45, 2.75) is 6.92 Å². The van der Waals surface area contributed by atoms with Crippen LogP contribution in [0.2, 0.25) is 0 Å². The van der Waals surface area contributed by atoms with E-state index in [4.69, 9.17) is 5.73 Å². The van der Waals surface area contributed by atoms with Crippen molar-refractivity contribution in [3.8, 4) is 11.4 Å². The van der Waals surface area contributed by atoms with Crippen molar-refractivity contribution in [1.82, 2.24) is 19.7 Å². The van der Waals surface area contributed by atoms with Crippen molar-refractivity contribution >= 4 is 16.7 Å². The number of para-hydroxylation sites is 1. The number of hydrogen-bond donors (Lipinski definition) is 2. The average Bonchev–Trinajstić information content (AvgIpc) is 2.78. The molecule has 2 aromatic heterocycles. The second-order valence-corrected chi connectivity index (χ2v) is 4.43. The normalized spacial score (nSPS) is 11.1. The first-order valence-electron chi connectivity index (χ1n) is 5.86. The number of nitrogens with zero attached hydrogens (tertiary/aromatic N) is 3. The zero-order chi connectivity index (χ0) is 13.6. The van der Waals surface area contributed by atoms with E-state index in [1.165, 1.54) is 0 Å². The second kappa shape index (κ2) is 3.94. The number of anilines is 1. The quantitative estimate of drug-likeness (QED) is 0.640. The minimum atomic E-state index is -0.351. The van der Waals surface area contributed by atoms with Gasteiger partial charge in [0.05, 0.1) is 11.2 Å². The highest BCUT2D eigenvalue weighted by Crippen LogP contribution is 2.24. The minimum absolute atomic E-state index is 0.346. The first-order chi connectivity index (χ1) is 9.09. The smallest absolute Gasteiger partial charge is 0.301 e. The van der Waals surface area contributed by atoms with Crippen LogP contribution < -0.4 is 11.3 Å². The molecule has 0 amide bonds. The van der Waals surface area contributed by atoms with E-state index in [9.17, 15) is 4.79 Å². The predicted molar refractivity (Wildman–Crippen MR) is 73.7 cm³/mol. The van der Waals surface area contributed by atoms with Crippen LogP contribution in [-0.2, 0) is 7.05 Å². The molecule has 96 valence electrons. The Morgan fingerprint density at radius 2 is 2.05 bits per heavy atom. The van der Waals surface area contributed by atoms with Crippen LogP contribution in [0.1, 0.15) is 5.69 Å². The molecule has 6 heteroatoms. The van der Waals surface area contributed by atoms with Gasteiger partial charge in [0.15, 0.2) is 5.52 Å². The van der Waals surface area contributed by atoms with Gasteiger partial charge in [0.2, 0.25) is 0 Å². The van der Waals surface area contributed by atoms with E-state index >= 15 is 0 Å². The van der Waals surface area contributed by atoms with Crippen molar-refractivity contribution in [1.29, 1.82) is 0 Å². The van der Waals surface area contributed by atoms with E-state index in [0.717, 1.165) is 16.8 Å². The fourth-order valence-corrected chi connectivity index (χ4v) is 2.25. The average molecular weight is 255 g/mol. The van der Waals surface area contributed by atoms with Gasteiger partial charge in [-0.2, -0.15) is 10.1 Å². The molecule has 0 aliphatic heterocycles. The van der Waals surface area contributed by atoms with Gasteiger partial charge in [0, 0.05) is 18.3 Å². The number of fused-ring (bicyclic) bond motifs is 1. The summed E-state index contributed by atoms with van der Waals surface area (Å²) in [6.45, 7) is 1.87. The number of rotatable bonds is 1. The van der Waals surface area contributed by atoms with Gasteiger partial charge >= 0.3 is 5.56 Å². The molecule has 2 heterocycles. The van der Waals surface area contributed by atoms with Gasteiger partial charge in [-0.05, 0) is 19.1 Å². The molecule has 0 aliphatic rings. The number of nitrogens with two attached hydrogens (primary N) is 1. The van der Waals surface area contributed by atoms with E-state index in [1.54, 1.807) is 6.07 Å². The lowest BCUT2D eigenvalue weighted by molar-refractivity contribution is 0.912. The van der Waals surface area contributed by atoms with Crippen molar-refractivity contribution in [2.75, 3.05) is 5.73 Å². The molecular weight excluding hydrogens is 242 g/mol. The summed E-state index contributed by atoms with van der Waals surface area (Å²) in [5, 5.41) is 6.79. The Labute approximate surface area is 108 Å². The molecule has 1 aromatic carbocycles. The molecule has 0 atom stereocenters. The number of H-pyrrole nitrogens is 1. The fraction of sp³-hybridized carbons (Fsp3) is 0.154. The molecule has 3 N–H and O–H groups in total. The van der Waals surface area contributed by atoms with E-state index in [0.29, 0.717) is 17.0 Å². The Morgan fingerprint density at radius 3 is 2.79 bits per heavy atom. The molecule has 0 saturated heterocycles. The van der Waals surface area contributed by atoms with E-state index in [2.05, 4.69) is 15.2 Å². The molecule has 6 nitrogen and oxygen atoms in total. The number of aromatic amines is 1. The third-order valence-electron chi connectivity index (χ3n) is 3.18. The topological polar surface area (TPSA) is 89.6 Å². The third-order valence-corrected chi connectivity index (χ3v) is 3.18. The van der Waals surface area contributed by atoms with Crippen molar-refractivity contribution < 1.29 is 0 Å². The lowest BCUT2D eigenvalue weighted by Crippen LogP contribution is -2.15. The van der Waals surface area contributed by atoms with E-state index < -0.39 is 0 Å². The summed E-state index contributed by atoms with van der Waals surface area (Å²) in [6, 6.07) is 7.34. The van der Waals surface area contributed by atoms with Crippen LogP contribution in [0.25, 0.3) is 22.4 Å². The first-order valence-corrected chi connectivity index (χ1v) is 5.86. The van der Waals surface area contributed by atoms with Crippen molar-refractivity contribution in [3.63, 3.8) is 0 Å². The summed E-state index contributed by atoms with van der Waals surface area (Å²) in [7, 11) is 1.85. The molecule has 0 aliphatic carbocycles. The monoisotopic (exact) mass is 255 g/mol. The van der Waals surface area contributed by atoms with Gasteiger partial charge in [0.25, 0.3) is 0 Å². The van der Waals surface area contributed by atoms with Gasteiger partial charge < -0.3 is 10.3 Å². The van der Waals surface area contributed by atoms with E-state index in [-0.39, 0.29) is 5.56 Å². The van der Waals surface area contributed by atoms with Crippen molar-refractivity contribution in [2.24, 2.45) is 7.05 Å². The Kier molecular flexibility index (Phi) is 2.38.